The molecule has 1 nitrogen and oxygen atoms in total. The molecular formula is C17H32O. The van der Waals surface area contributed by atoms with Crippen LogP contribution in [-0.2, 0) is 4.79 Å². The Kier molecular flexibility index (Phi) is 9.24. The van der Waals surface area contributed by atoms with Gasteiger partial charge in [0.25, 0.3) is 0 Å². The first-order valence-electron chi connectivity index (χ1n) is 8.34. The van der Waals surface area contributed by atoms with Crippen LogP contribution in [0.4, 0.5) is 0 Å². The van der Waals surface area contributed by atoms with Gasteiger partial charge in [0.2, 0.25) is 0 Å². The Labute approximate surface area is 114 Å². The molecule has 0 aromatic carbocycles. The van der Waals surface area contributed by atoms with E-state index in [1.54, 1.807) is 0 Å². The van der Waals surface area contributed by atoms with Gasteiger partial charge in [-0.05, 0) is 12.3 Å². The molecule has 1 fully saturated rings. The van der Waals surface area contributed by atoms with Crippen LogP contribution in [0.3, 0.4) is 0 Å². The topological polar surface area (TPSA) is 17.1 Å². The van der Waals surface area contributed by atoms with Crippen molar-refractivity contribution in [2.75, 3.05) is 0 Å². The van der Waals surface area contributed by atoms with Crippen molar-refractivity contribution in [1.29, 1.82) is 0 Å². The van der Waals surface area contributed by atoms with Gasteiger partial charge in [-0.25, -0.2) is 0 Å². The number of ketones is 1. The second kappa shape index (κ2) is 10.6. The Morgan fingerprint density at radius 3 is 1.67 bits per heavy atom. The lowest BCUT2D eigenvalue weighted by atomic mass is 9.80. The van der Waals surface area contributed by atoms with Crippen molar-refractivity contribution >= 4 is 5.78 Å². The highest BCUT2D eigenvalue weighted by Gasteiger charge is 2.25. The summed E-state index contributed by atoms with van der Waals surface area (Å²) in [6.45, 7) is 2.28. The molecule has 0 bridgehead atoms. The smallest absolute Gasteiger partial charge is 0.133 e. The summed E-state index contributed by atoms with van der Waals surface area (Å²) in [5, 5.41) is 0. The van der Waals surface area contributed by atoms with Gasteiger partial charge < -0.3 is 0 Å². The lowest BCUT2D eigenvalue weighted by molar-refractivity contribution is -0.127. The molecule has 0 aromatic heterocycles. The minimum absolute atomic E-state index is 0.489. The van der Waals surface area contributed by atoms with Crippen molar-refractivity contribution in [2.45, 2.75) is 96.8 Å². The average Bonchev–Trinajstić information content (AvgIpc) is 2.33. The maximum atomic E-state index is 10.8. The molecule has 18 heavy (non-hydrogen) atoms. The predicted octanol–water partition coefficient (Wildman–Crippen LogP) is 5.67. The Morgan fingerprint density at radius 2 is 1.22 bits per heavy atom. The summed E-state index contributed by atoms with van der Waals surface area (Å²) in [4.78, 5) is 10.8. The molecule has 1 aliphatic carbocycles. The third-order valence-corrected chi connectivity index (χ3v) is 4.25. The van der Waals surface area contributed by atoms with Gasteiger partial charge in [-0.1, -0.05) is 77.6 Å². The van der Waals surface area contributed by atoms with E-state index in [0.29, 0.717) is 5.78 Å². The van der Waals surface area contributed by atoms with E-state index in [9.17, 15) is 4.79 Å². The minimum Gasteiger partial charge on any atom is -0.300 e. The highest BCUT2D eigenvalue weighted by molar-refractivity contribution is 5.84. The van der Waals surface area contributed by atoms with E-state index in [0.717, 1.165) is 18.8 Å². The van der Waals surface area contributed by atoms with Crippen LogP contribution in [0.5, 0.6) is 0 Å². The first-order valence-corrected chi connectivity index (χ1v) is 8.34. The minimum atomic E-state index is 0.489. The molecular weight excluding hydrogens is 220 g/mol. The lowest BCUT2D eigenvalue weighted by Crippen LogP contribution is -2.22. The summed E-state index contributed by atoms with van der Waals surface area (Å²) in [7, 11) is 0. The largest absolute Gasteiger partial charge is 0.300 e. The molecule has 1 saturated carbocycles. The molecule has 0 aliphatic heterocycles. The quantitative estimate of drug-likeness (QED) is 0.409. The Morgan fingerprint density at radius 1 is 0.778 bits per heavy atom. The van der Waals surface area contributed by atoms with E-state index in [2.05, 4.69) is 6.92 Å². The fraction of sp³-hybridized carbons (Fsp3) is 0.941. The molecule has 0 aromatic rings. The zero-order chi connectivity index (χ0) is 13.1. The second-order valence-electron chi connectivity index (χ2n) is 6.14. The summed E-state index contributed by atoms with van der Waals surface area (Å²) >= 11 is 0. The molecule has 0 unspecified atom stereocenters. The van der Waals surface area contributed by atoms with Gasteiger partial charge in [-0.3, -0.25) is 4.79 Å². The summed E-state index contributed by atoms with van der Waals surface area (Å²) < 4.78 is 0. The molecule has 0 atom stereocenters. The van der Waals surface area contributed by atoms with E-state index in [1.165, 1.54) is 77.0 Å². The second-order valence-corrected chi connectivity index (χ2v) is 6.14. The highest BCUT2D eigenvalue weighted by Crippen LogP contribution is 2.28. The van der Waals surface area contributed by atoms with Crippen LogP contribution in [0.25, 0.3) is 0 Å². The maximum Gasteiger partial charge on any atom is 0.133 e. The maximum absolute atomic E-state index is 10.8. The molecule has 0 radical (unpaired) electrons. The van der Waals surface area contributed by atoms with Crippen LogP contribution in [0.15, 0.2) is 0 Å². The van der Waals surface area contributed by atoms with Crippen LogP contribution < -0.4 is 0 Å². The number of carbonyl (C=O) groups excluding carboxylic acids is 1. The highest BCUT2D eigenvalue weighted by atomic mass is 16.1. The SMILES string of the molecule is CCCCCCCCCCCCCC1CC(=O)C1. The molecule has 0 amide bonds. The van der Waals surface area contributed by atoms with Gasteiger partial charge in [0.1, 0.15) is 5.78 Å². The predicted molar refractivity (Wildman–Crippen MR) is 78.8 cm³/mol. The number of hydrogen-bond donors (Lipinski definition) is 0. The van der Waals surface area contributed by atoms with E-state index in [-0.39, 0.29) is 0 Å². The normalized spacial score (nSPS) is 15.9. The lowest BCUT2D eigenvalue weighted by Gasteiger charge is -2.23. The third kappa shape index (κ3) is 7.89. The molecule has 106 valence electrons. The summed E-state index contributed by atoms with van der Waals surface area (Å²) in [5.74, 6) is 1.25. The van der Waals surface area contributed by atoms with Crippen LogP contribution in [0, 0.1) is 5.92 Å². The van der Waals surface area contributed by atoms with Gasteiger partial charge in [-0.15, -0.1) is 0 Å². The molecule has 1 rings (SSSR count). The van der Waals surface area contributed by atoms with Gasteiger partial charge in [0.05, 0.1) is 0 Å². The van der Waals surface area contributed by atoms with Crippen LogP contribution >= 0.6 is 0 Å². The Bertz CT molecular complexity index is 202. The standard InChI is InChI=1S/C17H32O/c1-2-3-4-5-6-7-8-9-10-11-12-13-16-14-17(18)15-16/h16H,2-15H2,1H3. The van der Waals surface area contributed by atoms with Crippen LogP contribution in [-0.4, -0.2) is 5.78 Å². The van der Waals surface area contributed by atoms with Crippen molar-refractivity contribution < 1.29 is 4.79 Å². The summed E-state index contributed by atoms with van der Waals surface area (Å²) in [5.41, 5.74) is 0. The van der Waals surface area contributed by atoms with Crippen molar-refractivity contribution in [3.05, 3.63) is 0 Å². The molecule has 1 aliphatic rings. The molecule has 0 spiro atoms. The zero-order valence-corrected chi connectivity index (χ0v) is 12.4. The first-order chi connectivity index (χ1) is 8.83. The number of Topliss-reactive ketones (excluding diaryl/α,β-unsaturated/α-hetero) is 1. The Balaban J connectivity index is 1.67. The van der Waals surface area contributed by atoms with Crippen molar-refractivity contribution in [3.63, 3.8) is 0 Å². The third-order valence-electron chi connectivity index (χ3n) is 4.25. The van der Waals surface area contributed by atoms with E-state index >= 15 is 0 Å². The summed E-state index contributed by atoms with van der Waals surface area (Å²) in [6, 6.07) is 0. The van der Waals surface area contributed by atoms with E-state index < -0.39 is 0 Å². The molecule has 1 heteroatoms. The molecule has 0 heterocycles. The van der Waals surface area contributed by atoms with Crippen LogP contribution in [0.1, 0.15) is 96.8 Å². The number of hydrogen-bond acceptors (Lipinski definition) is 1. The average molecular weight is 252 g/mol. The molecule has 0 saturated heterocycles. The van der Waals surface area contributed by atoms with Crippen LogP contribution in [0.2, 0.25) is 0 Å². The van der Waals surface area contributed by atoms with Crippen molar-refractivity contribution in [1.82, 2.24) is 0 Å². The fourth-order valence-electron chi connectivity index (χ4n) is 2.89. The van der Waals surface area contributed by atoms with Crippen molar-refractivity contribution in [3.8, 4) is 0 Å². The van der Waals surface area contributed by atoms with E-state index in [1.807, 2.05) is 0 Å². The summed E-state index contributed by atoms with van der Waals surface area (Å²) in [6.07, 6.45) is 18.7. The van der Waals surface area contributed by atoms with Gasteiger partial charge in [0, 0.05) is 12.8 Å². The fourth-order valence-corrected chi connectivity index (χ4v) is 2.89. The zero-order valence-electron chi connectivity index (χ0n) is 12.4. The van der Waals surface area contributed by atoms with Gasteiger partial charge in [-0.2, -0.15) is 0 Å². The van der Waals surface area contributed by atoms with Crippen molar-refractivity contribution in [2.24, 2.45) is 5.92 Å². The van der Waals surface area contributed by atoms with E-state index in [4.69, 9.17) is 0 Å². The van der Waals surface area contributed by atoms with Gasteiger partial charge in [0.15, 0.2) is 0 Å². The first kappa shape index (κ1) is 15.7. The van der Waals surface area contributed by atoms with Gasteiger partial charge >= 0.3 is 0 Å². The monoisotopic (exact) mass is 252 g/mol. The Hall–Kier alpha value is -0.330. The number of unbranched alkanes of at least 4 members (excludes halogenated alkanes) is 10. The number of carbonyl (C=O) groups is 1. The number of rotatable bonds is 12. The molecule has 0 N–H and O–H groups in total.